The van der Waals surface area contributed by atoms with Crippen LogP contribution >= 0.6 is 22.6 Å². The number of rotatable bonds is 4. The lowest BCUT2D eigenvalue weighted by Crippen LogP contribution is -2.00. The number of pyridine rings is 1. The molecule has 0 aliphatic carbocycles. The van der Waals surface area contributed by atoms with Gasteiger partial charge >= 0.3 is 0 Å². The van der Waals surface area contributed by atoms with E-state index in [9.17, 15) is 4.39 Å². The molecule has 120 valence electrons. The molecule has 4 rings (SSSR count). The van der Waals surface area contributed by atoms with Crippen LogP contribution < -0.4 is 0 Å². The normalized spacial score (nSPS) is 11.2. The summed E-state index contributed by atoms with van der Waals surface area (Å²) in [5.41, 5.74) is 3.39. The van der Waals surface area contributed by atoms with E-state index in [0.29, 0.717) is 12.4 Å². The number of imidazole rings is 2. The standard InChI is InChI=1S/C17H13FIN5/c18-10-24-16-2-1-14(19)6-15(16)22-17(24)13-5-12(7-21-8-13)9-23-4-3-20-11-23/h1-8,11H,9-10H2. The molecule has 0 fully saturated rings. The van der Waals surface area contributed by atoms with Crippen LogP contribution in [0.5, 0.6) is 0 Å². The Bertz CT molecular complexity index is 994. The van der Waals surface area contributed by atoms with Gasteiger partial charge in [-0.3, -0.25) is 9.55 Å². The first-order chi connectivity index (χ1) is 11.7. The van der Waals surface area contributed by atoms with Gasteiger partial charge in [0.05, 0.1) is 23.9 Å². The van der Waals surface area contributed by atoms with Crippen LogP contribution in [0.3, 0.4) is 0 Å². The molecule has 5 nitrogen and oxygen atoms in total. The third-order valence-electron chi connectivity index (χ3n) is 3.81. The Kier molecular flexibility index (Phi) is 4.01. The number of hydrogen-bond donors (Lipinski definition) is 0. The Labute approximate surface area is 151 Å². The van der Waals surface area contributed by atoms with E-state index in [1.54, 1.807) is 29.5 Å². The van der Waals surface area contributed by atoms with Gasteiger partial charge in [-0.15, -0.1) is 0 Å². The predicted molar refractivity (Wildman–Crippen MR) is 98.1 cm³/mol. The van der Waals surface area contributed by atoms with Crippen LogP contribution in [0.2, 0.25) is 0 Å². The Morgan fingerprint density at radius 1 is 1.12 bits per heavy atom. The van der Waals surface area contributed by atoms with Crippen molar-refractivity contribution >= 4 is 33.6 Å². The van der Waals surface area contributed by atoms with Crippen molar-refractivity contribution in [3.63, 3.8) is 0 Å². The van der Waals surface area contributed by atoms with Gasteiger partial charge in [-0.05, 0) is 52.4 Å². The molecular formula is C17H13FIN5. The van der Waals surface area contributed by atoms with Crippen LogP contribution in [-0.2, 0) is 13.3 Å². The van der Waals surface area contributed by atoms with Crippen LogP contribution in [0.1, 0.15) is 5.56 Å². The van der Waals surface area contributed by atoms with E-state index in [4.69, 9.17) is 0 Å². The molecule has 0 bridgehead atoms. The summed E-state index contributed by atoms with van der Waals surface area (Å²) in [5.74, 6) is 0.592. The summed E-state index contributed by atoms with van der Waals surface area (Å²) in [6.07, 6.45) is 8.91. The molecule has 0 radical (unpaired) electrons. The largest absolute Gasteiger partial charge is 0.333 e. The predicted octanol–water partition coefficient (Wildman–Crippen LogP) is 3.87. The van der Waals surface area contributed by atoms with Crippen LogP contribution in [0.15, 0.2) is 55.4 Å². The van der Waals surface area contributed by atoms with E-state index in [1.807, 2.05) is 35.0 Å². The number of benzene rings is 1. The number of fused-ring (bicyclic) bond motifs is 1. The molecule has 0 aliphatic heterocycles. The zero-order valence-electron chi connectivity index (χ0n) is 12.6. The van der Waals surface area contributed by atoms with E-state index < -0.39 is 6.80 Å². The molecule has 0 atom stereocenters. The van der Waals surface area contributed by atoms with Crippen LogP contribution in [0.4, 0.5) is 4.39 Å². The SMILES string of the molecule is FCn1c(-c2cncc(Cn3ccnc3)c2)nc2cc(I)ccc21. The lowest BCUT2D eigenvalue weighted by Gasteiger charge is -2.07. The van der Waals surface area contributed by atoms with Crippen molar-refractivity contribution in [2.75, 3.05) is 0 Å². The molecule has 3 heterocycles. The Morgan fingerprint density at radius 2 is 2.04 bits per heavy atom. The fourth-order valence-corrected chi connectivity index (χ4v) is 3.21. The summed E-state index contributed by atoms with van der Waals surface area (Å²) < 4.78 is 18.2. The highest BCUT2D eigenvalue weighted by Crippen LogP contribution is 2.26. The quantitative estimate of drug-likeness (QED) is 0.459. The minimum Gasteiger partial charge on any atom is -0.333 e. The van der Waals surface area contributed by atoms with Gasteiger partial charge in [-0.2, -0.15) is 0 Å². The fraction of sp³-hybridized carbons (Fsp3) is 0.118. The van der Waals surface area contributed by atoms with Crippen LogP contribution in [-0.4, -0.2) is 24.1 Å². The van der Waals surface area contributed by atoms with Gasteiger partial charge in [-0.25, -0.2) is 14.4 Å². The van der Waals surface area contributed by atoms with Crippen molar-refractivity contribution in [1.82, 2.24) is 24.1 Å². The maximum Gasteiger partial charge on any atom is 0.167 e. The molecule has 0 saturated carbocycles. The molecule has 24 heavy (non-hydrogen) atoms. The highest BCUT2D eigenvalue weighted by Gasteiger charge is 2.13. The van der Waals surface area contributed by atoms with Gasteiger partial charge in [0.15, 0.2) is 6.80 Å². The molecule has 0 saturated heterocycles. The summed E-state index contributed by atoms with van der Waals surface area (Å²) in [7, 11) is 0. The molecule has 0 amide bonds. The van der Waals surface area contributed by atoms with Gasteiger partial charge in [0, 0.05) is 33.9 Å². The maximum atomic E-state index is 13.6. The number of alkyl halides is 1. The van der Waals surface area contributed by atoms with E-state index in [2.05, 4.69) is 37.5 Å². The molecule has 7 heteroatoms. The average Bonchev–Trinajstić information content (AvgIpc) is 3.21. The van der Waals surface area contributed by atoms with Crippen molar-refractivity contribution in [2.45, 2.75) is 13.3 Å². The summed E-state index contributed by atoms with van der Waals surface area (Å²) >= 11 is 2.23. The zero-order valence-corrected chi connectivity index (χ0v) is 14.8. The van der Waals surface area contributed by atoms with Gasteiger partial charge in [-0.1, -0.05) is 0 Å². The number of nitrogens with zero attached hydrogens (tertiary/aromatic N) is 5. The number of halogens is 2. The topological polar surface area (TPSA) is 48.5 Å². The summed E-state index contributed by atoms with van der Waals surface area (Å²) in [4.78, 5) is 12.9. The van der Waals surface area contributed by atoms with E-state index in [-0.39, 0.29) is 0 Å². The van der Waals surface area contributed by atoms with Gasteiger partial charge in [0.25, 0.3) is 0 Å². The molecule has 0 N–H and O–H groups in total. The van der Waals surface area contributed by atoms with Gasteiger partial charge in [0.1, 0.15) is 5.82 Å². The second-order valence-electron chi connectivity index (χ2n) is 5.43. The summed E-state index contributed by atoms with van der Waals surface area (Å²) in [5, 5.41) is 0. The van der Waals surface area contributed by atoms with E-state index >= 15 is 0 Å². The molecule has 0 aliphatic rings. The highest BCUT2D eigenvalue weighted by molar-refractivity contribution is 14.1. The second kappa shape index (κ2) is 6.31. The Morgan fingerprint density at radius 3 is 2.83 bits per heavy atom. The molecular weight excluding hydrogens is 420 g/mol. The minimum atomic E-state index is -0.627. The van der Waals surface area contributed by atoms with E-state index in [1.165, 1.54) is 0 Å². The first kappa shape index (κ1) is 15.3. The van der Waals surface area contributed by atoms with Crippen molar-refractivity contribution in [3.05, 3.63) is 64.5 Å². The average molecular weight is 433 g/mol. The molecule has 0 spiro atoms. The maximum absolute atomic E-state index is 13.6. The molecule has 1 aromatic carbocycles. The lowest BCUT2D eigenvalue weighted by molar-refractivity contribution is 0.387. The van der Waals surface area contributed by atoms with Crippen molar-refractivity contribution < 1.29 is 4.39 Å². The smallest absolute Gasteiger partial charge is 0.167 e. The molecule has 4 aromatic rings. The van der Waals surface area contributed by atoms with E-state index in [0.717, 1.165) is 25.7 Å². The summed E-state index contributed by atoms with van der Waals surface area (Å²) in [6, 6.07) is 7.80. The highest BCUT2D eigenvalue weighted by atomic mass is 127. The summed E-state index contributed by atoms with van der Waals surface area (Å²) in [6.45, 7) is 0.0345. The van der Waals surface area contributed by atoms with Crippen LogP contribution in [0.25, 0.3) is 22.4 Å². The Hall–Kier alpha value is -2.29. The number of hydrogen-bond acceptors (Lipinski definition) is 3. The Balaban J connectivity index is 1.79. The van der Waals surface area contributed by atoms with Crippen molar-refractivity contribution in [2.24, 2.45) is 0 Å². The van der Waals surface area contributed by atoms with Crippen molar-refractivity contribution in [3.8, 4) is 11.4 Å². The fourth-order valence-electron chi connectivity index (χ4n) is 2.73. The molecule has 0 unspecified atom stereocenters. The van der Waals surface area contributed by atoms with Gasteiger partial charge < -0.3 is 4.57 Å². The van der Waals surface area contributed by atoms with Crippen LogP contribution in [0, 0.1) is 3.57 Å². The van der Waals surface area contributed by atoms with Crippen molar-refractivity contribution in [1.29, 1.82) is 0 Å². The zero-order chi connectivity index (χ0) is 16.5. The number of aromatic nitrogens is 5. The first-order valence-electron chi connectivity index (χ1n) is 7.36. The lowest BCUT2D eigenvalue weighted by atomic mass is 10.2. The monoisotopic (exact) mass is 433 g/mol. The first-order valence-corrected chi connectivity index (χ1v) is 8.44. The minimum absolute atomic E-state index is 0.592. The second-order valence-corrected chi connectivity index (χ2v) is 6.68. The third-order valence-corrected chi connectivity index (χ3v) is 4.48. The molecule has 3 aromatic heterocycles. The van der Waals surface area contributed by atoms with Gasteiger partial charge in [0.2, 0.25) is 0 Å². The third kappa shape index (κ3) is 2.79.